The molecule has 2 rings (SSSR count). The van der Waals surface area contributed by atoms with E-state index >= 15 is 0 Å². The van der Waals surface area contributed by atoms with Crippen molar-refractivity contribution in [3.8, 4) is 0 Å². The molecule has 0 saturated heterocycles. The maximum absolute atomic E-state index is 11.9. The van der Waals surface area contributed by atoms with E-state index in [1.807, 2.05) is 18.2 Å². The van der Waals surface area contributed by atoms with Gasteiger partial charge in [-0.2, -0.15) is 0 Å². The third kappa shape index (κ3) is 4.61. The first kappa shape index (κ1) is 15.5. The Morgan fingerprint density at radius 3 is 2.41 bits per heavy atom. The van der Waals surface area contributed by atoms with Crippen LogP contribution in [0.1, 0.15) is 21.6 Å². The molecule has 0 saturated carbocycles. The van der Waals surface area contributed by atoms with Crippen LogP contribution < -0.4 is 0 Å². The van der Waals surface area contributed by atoms with Crippen molar-refractivity contribution in [3.05, 3.63) is 77.6 Å². The topological polar surface area (TPSA) is 67.3 Å². The lowest BCUT2D eigenvalue weighted by Crippen LogP contribution is -1.97. The summed E-state index contributed by atoms with van der Waals surface area (Å²) in [5, 5.41) is 8.61. The molecule has 2 aromatic rings. The summed E-state index contributed by atoms with van der Waals surface area (Å²) >= 11 is 0. The van der Waals surface area contributed by atoms with Crippen LogP contribution in [0.4, 0.5) is 0 Å². The lowest BCUT2D eigenvalue weighted by molar-refractivity contribution is -0.117. The summed E-state index contributed by atoms with van der Waals surface area (Å²) in [4.78, 5) is 27.0. The Kier molecular flexibility index (Phi) is 5.51. The van der Waals surface area contributed by atoms with Gasteiger partial charge in [-0.05, 0) is 35.9 Å². The fourth-order valence-corrected chi connectivity index (χ4v) is 1.72. The number of pyridine rings is 1. The van der Waals surface area contributed by atoms with Gasteiger partial charge in [0.1, 0.15) is 6.61 Å². The Balaban J connectivity index is 2.02. The van der Waals surface area contributed by atoms with Gasteiger partial charge < -0.3 is 5.11 Å². The molecule has 1 aromatic carbocycles. The second-order valence-corrected chi connectivity index (χ2v) is 4.54. The van der Waals surface area contributed by atoms with E-state index in [0.717, 1.165) is 5.56 Å². The summed E-state index contributed by atoms with van der Waals surface area (Å²) in [6.07, 6.45) is 7.60. The average Bonchev–Trinajstić information content (AvgIpc) is 2.59. The maximum Gasteiger partial charge on any atom is 0.185 e. The van der Waals surface area contributed by atoms with Crippen LogP contribution in [0.15, 0.2) is 60.8 Å². The van der Waals surface area contributed by atoms with E-state index in [9.17, 15) is 9.59 Å². The number of carbonyl (C=O) groups excluding carboxylic acids is 2. The molecule has 1 N–H and O–H groups in total. The highest BCUT2D eigenvalue weighted by Gasteiger charge is 1.99. The lowest BCUT2D eigenvalue weighted by atomic mass is 10.1. The Labute approximate surface area is 128 Å². The molecule has 110 valence electrons. The van der Waals surface area contributed by atoms with E-state index in [2.05, 4.69) is 4.98 Å². The number of ketones is 2. The van der Waals surface area contributed by atoms with Gasteiger partial charge in [0.05, 0.1) is 5.69 Å². The van der Waals surface area contributed by atoms with E-state index < -0.39 is 6.61 Å². The molecule has 4 heteroatoms. The zero-order valence-electron chi connectivity index (χ0n) is 11.8. The molecular weight excluding hydrogens is 278 g/mol. The van der Waals surface area contributed by atoms with Gasteiger partial charge in [-0.1, -0.05) is 36.4 Å². The minimum Gasteiger partial charge on any atom is -0.388 e. The van der Waals surface area contributed by atoms with Gasteiger partial charge in [0, 0.05) is 11.8 Å². The van der Waals surface area contributed by atoms with Gasteiger partial charge in [0.2, 0.25) is 0 Å². The van der Waals surface area contributed by atoms with E-state index in [4.69, 9.17) is 5.11 Å². The van der Waals surface area contributed by atoms with Gasteiger partial charge in [-0.25, -0.2) is 0 Å². The summed E-state index contributed by atoms with van der Waals surface area (Å²) < 4.78 is 0. The number of benzene rings is 1. The summed E-state index contributed by atoms with van der Waals surface area (Å²) in [5.74, 6) is -0.447. The second-order valence-electron chi connectivity index (χ2n) is 4.54. The smallest absolute Gasteiger partial charge is 0.185 e. The van der Waals surface area contributed by atoms with Gasteiger partial charge in [0.25, 0.3) is 0 Å². The normalized spacial score (nSPS) is 11.1. The molecule has 0 amide bonds. The van der Waals surface area contributed by atoms with Crippen molar-refractivity contribution in [2.24, 2.45) is 0 Å². The molecule has 0 aliphatic rings. The highest BCUT2D eigenvalue weighted by molar-refractivity contribution is 6.06. The van der Waals surface area contributed by atoms with E-state index in [0.29, 0.717) is 11.3 Å². The van der Waals surface area contributed by atoms with Crippen LogP contribution in [-0.2, 0) is 4.79 Å². The molecule has 0 bridgehead atoms. The zero-order valence-corrected chi connectivity index (χ0v) is 11.8. The molecule has 0 aliphatic heterocycles. The fraction of sp³-hybridized carbons (Fsp3) is 0.0556. The van der Waals surface area contributed by atoms with Gasteiger partial charge in [-0.15, -0.1) is 0 Å². The van der Waals surface area contributed by atoms with Crippen molar-refractivity contribution in [2.75, 3.05) is 6.61 Å². The van der Waals surface area contributed by atoms with E-state index in [1.54, 1.807) is 36.5 Å². The number of aliphatic hydroxyl groups excluding tert-OH is 1. The number of aromatic nitrogens is 1. The lowest BCUT2D eigenvalue weighted by Gasteiger charge is -1.96. The Hall–Kier alpha value is -2.85. The predicted molar refractivity (Wildman–Crippen MR) is 85.2 cm³/mol. The number of hydrogen-bond acceptors (Lipinski definition) is 4. The van der Waals surface area contributed by atoms with Crippen molar-refractivity contribution < 1.29 is 14.7 Å². The van der Waals surface area contributed by atoms with Gasteiger partial charge in [0.15, 0.2) is 11.6 Å². The first-order valence-corrected chi connectivity index (χ1v) is 6.74. The van der Waals surface area contributed by atoms with E-state index in [1.165, 1.54) is 18.2 Å². The molecule has 0 unspecified atom stereocenters. The number of carbonyl (C=O) groups is 2. The largest absolute Gasteiger partial charge is 0.388 e. The first-order valence-electron chi connectivity index (χ1n) is 6.74. The number of nitrogens with zero attached hydrogens (tertiary/aromatic N) is 1. The van der Waals surface area contributed by atoms with Crippen LogP contribution in [0.3, 0.4) is 0 Å². The van der Waals surface area contributed by atoms with Crippen LogP contribution in [0.5, 0.6) is 0 Å². The quantitative estimate of drug-likeness (QED) is 0.656. The summed E-state index contributed by atoms with van der Waals surface area (Å²) in [6.45, 7) is -0.515. The van der Waals surface area contributed by atoms with Crippen molar-refractivity contribution in [1.29, 1.82) is 0 Å². The van der Waals surface area contributed by atoms with Crippen LogP contribution in [0.2, 0.25) is 0 Å². The fourth-order valence-electron chi connectivity index (χ4n) is 1.72. The number of hydrogen-bond donors (Lipinski definition) is 1. The monoisotopic (exact) mass is 293 g/mol. The number of rotatable bonds is 6. The SMILES string of the molecule is O=C(/C=C/c1ccc(/C=C/C(=O)c2ccccc2)cn1)CO. The molecule has 0 aliphatic carbocycles. The third-order valence-electron chi connectivity index (χ3n) is 2.89. The van der Waals surface area contributed by atoms with Crippen LogP contribution >= 0.6 is 0 Å². The molecule has 0 radical (unpaired) electrons. The summed E-state index contributed by atoms with van der Waals surface area (Å²) in [6, 6.07) is 12.5. The third-order valence-corrected chi connectivity index (χ3v) is 2.89. The Bertz CT molecular complexity index is 701. The molecule has 22 heavy (non-hydrogen) atoms. The molecule has 0 spiro atoms. The standard InChI is InChI=1S/C18H15NO3/c20-13-17(21)10-9-16-8-6-14(12-19-16)7-11-18(22)15-4-2-1-3-5-15/h1-12,20H,13H2/b10-9+,11-7+. The van der Waals surface area contributed by atoms with Gasteiger partial charge in [-0.3, -0.25) is 14.6 Å². The maximum atomic E-state index is 11.9. The van der Waals surface area contributed by atoms with Crippen LogP contribution in [0.25, 0.3) is 12.2 Å². The van der Waals surface area contributed by atoms with Crippen molar-refractivity contribution in [2.45, 2.75) is 0 Å². The predicted octanol–water partition coefficient (Wildman–Crippen LogP) is 2.55. The molecule has 4 nitrogen and oxygen atoms in total. The van der Waals surface area contributed by atoms with Crippen molar-refractivity contribution >= 4 is 23.7 Å². The molecule has 1 heterocycles. The van der Waals surface area contributed by atoms with Crippen LogP contribution in [0, 0.1) is 0 Å². The average molecular weight is 293 g/mol. The zero-order chi connectivity index (χ0) is 15.8. The minimum atomic E-state index is -0.515. The van der Waals surface area contributed by atoms with Crippen molar-refractivity contribution in [3.63, 3.8) is 0 Å². The van der Waals surface area contributed by atoms with Crippen molar-refractivity contribution in [1.82, 2.24) is 4.98 Å². The van der Waals surface area contributed by atoms with E-state index in [-0.39, 0.29) is 11.6 Å². The molecular formula is C18H15NO3. The van der Waals surface area contributed by atoms with Crippen LogP contribution in [-0.4, -0.2) is 28.3 Å². The summed E-state index contributed by atoms with van der Waals surface area (Å²) in [7, 11) is 0. The first-order chi connectivity index (χ1) is 10.7. The molecule has 0 atom stereocenters. The number of allylic oxidation sites excluding steroid dienone is 1. The second kappa shape index (κ2) is 7.81. The minimum absolute atomic E-state index is 0.0712. The highest BCUT2D eigenvalue weighted by Crippen LogP contribution is 2.07. The summed E-state index contributed by atoms with van der Waals surface area (Å²) in [5.41, 5.74) is 2.03. The highest BCUT2D eigenvalue weighted by atomic mass is 16.3. The Morgan fingerprint density at radius 2 is 1.77 bits per heavy atom. The van der Waals surface area contributed by atoms with Gasteiger partial charge >= 0.3 is 0 Å². The Morgan fingerprint density at radius 1 is 1.00 bits per heavy atom. The molecule has 1 aromatic heterocycles. The number of aliphatic hydroxyl groups is 1. The molecule has 0 fully saturated rings.